The summed E-state index contributed by atoms with van der Waals surface area (Å²) in [5.41, 5.74) is 0. The molecule has 0 spiro atoms. The molecule has 0 aliphatic rings. The molecule has 0 amide bonds. The third-order valence-corrected chi connectivity index (χ3v) is 1.53. The van der Waals surface area contributed by atoms with E-state index in [2.05, 4.69) is 11.3 Å². The van der Waals surface area contributed by atoms with E-state index in [4.69, 9.17) is 5.11 Å². The van der Waals surface area contributed by atoms with Crippen LogP contribution in [-0.4, -0.2) is 35.5 Å². The first kappa shape index (κ1) is 12.1. The zero-order valence-electron chi connectivity index (χ0n) is 7.61. The van der Waals surface area contributed by atoms with E-state index in [0.29, 0.717) is 12.8 Å². The Morgan fingerprint density at radius 2 is 2.23 bits per heavy atom. The molecule has 0 aliphatic carbocycles. The van der Waals surface area contributed by atoms with Gasteiger partial charge in [0, 0.05) is 12.7 Å². The van der Waals surface area contributed by atoms with E-state index in [0.717, 1.165) is 12.5 Å². The summed E-state index contributed by atoms with van der Waals surface area (Å²) < 4.78 is 4.61. The van der Waals surface area contributed by atoms with Gasteiger partial charge in [-0.2, -0.15) is 0 Å². The minimum Gasteiger partial charge on any atom is -0.460 e. The SMILES string of the molecule is C=CC(=O)OCC(O)CCCCO. The molecule has 1 unspecified atom stereocenters. The van der Waals surface area contributed by atoms with Crippen molar-refractivity contribution in [3.05, 3.63) is 12.7 Å². The lowest BCUT2D eigenvalue weighted by atomic mass is 10.2. The van der Waals surface area contributed by atoms with Crippen LogP contribution < -0.4 is 0 Å². The van der Waals surface area contributed by atoms with Gasteiger partial charge in [0.05, 0.1) is 6.10 Å². The van der Waals surface area contributed by atoms with E-state index in [1.165, 1.54) is 0 Å². The maximum Gasteiger partial charge on any atom is 0.330 e. The molecule has 0 aliphatic heterocycles. The zero-order valence-corrected chi connectivity index (χ0v) is 7.61. The Labute approximate surface area is 77.8 Å². The van der Waals surface area contributed by atoms with Crippen molar-refractivity contribution in [2.45, 2.75) is 25.4 Å². The van der Waals surface area contributed by atoms with Crippen molar-refractivity contribution in [1.29, 1.82) is 0 Å². The van der Waals surface area contributed by atoms with Crippen LogP contribution in [0.5, 0.6) is 0 Å². The second kappa shape index (κ2) is 7.76. The van der Waals surface area contributed by atoms with Crippen LogP contribution in [0.1, 0.15) is 19.3 Å². The monoisotopic (exact) mass is 188 g/mol. The highest BCUT2D eigenvalue weighted by atomic mass is 16.5. The number of carbonyl (C=O) groups excluding carboxylic acids is 1. The molecular weight excluding hydrogens is 172 g/mol. The summed E-state index contributed by atoms with van der Waals surface area (Å²) >= 11 is 0. The highest BCUT2D eigenvalue weighted by Crippen LogP contribution is 2.00. The van der Waals surface area contributed by atoms with Gasteiger partial charge in [0.15, 0.2) is 0 Å². The summed E-state index contributed by atoms with van der Waals surface area (Å²) in [5.74, 6) is -0.527. The molecule has 76 valence electrons. The summed E-state index contributed by atoms with van der Waals surface area (Å²) in [6, 6.07) is 0. The molecule has 4 nitrogen and oxygen atoms in total. The van der Waals surface area contributed by atoms with Crippen LogP contribution in [0.2, 0.25) is 0 Å². The number of aliphatic hydroxyl groups excluding tert-OH is 2. The Morgan fingerprint density at radius 3 is 2.77 bits per heavy atom. The summed E-state index contributed by atoms with van der Waals surface area (Å²) in [7, 11) is 0. The van der Waals surface area contributed by atoms with Gasteiger partial charge in [0.2, 0.25) is 0 Å². The first-order valence-corrected chi connectivity index (χ1v) is 4.28. The maximum absolute atomic E-state index is 10.6. The smallest absolute Gasteiger partial charge is 0.330 e. The Bertz CT molecular complexity index is 156. The standard InChI is InChI=1S/C9H16O4/c1-2-9(12)13-7-8(11)5-3-4-6-10/h2,8,10-11H,1,3-7H2. The average Bonchev–Trinajstić information content (AvgIpc) is 2.14. The number of aliphatic hydroxyl groups is 2. The van der Waals surface area contributed by atoms with E-state index in [9.17, 15) is 9.90 Å². The van der Waals surface area contributed by atoms with Gasteiger partial charge in [-0.05, 0) is 19.3 Å². The van der Waals surface area contributed by atoms with Gasteiger partial charge < -0.3 is 14.9 Å². The molecule has 4 heteroatoms. The molecule has 0 rings (SSSR count). The van der Waals surface area contributed by atoms with Crippen molar-refractivity contribution < 1.29 is 19.7 Å². The Kier molecular flexibility index (Phi) is 7.24. The molecule has 0 aromatic heterocycles. The molecule has 13 heavy (non-hydrogen) atoms. The molecular formula is C9H16O4. The normalized spacial score (nSPS) is 12.2. The predicted octanol–water partition coefficient (Wildman–Crippen LogP) is 0.239. The largest absolute Gasteiger partial charge is 0.460 e. The second-order valence-electron chi connectivity index (χ2n) is 2.71. The van der Waals surface area contributed by atoms with Crippen molar-refractivity contribution in [3.8, 4) is 0 Å². The number of hydrogen-bond donors (Lipinski definition) is 2. The summed E-state index contributed by atoms with van der Waals surface area (Å²) in [6.45, 7) is 3.35. The van der Waals surface area contributed by atoms with Gasteiger partial charge in [-0.3, -0.25) is 0 Å². The topological polar surface area (TPSA) is 66.8 Å². The number of carbonyl (C=O) groups is 1. The zero-order chi connectivity index (χ0) is 10.1. The predicted molar refractivity (Wildman–Crippen MR) is 48.1 cm³/mol. The molecule has 0 heterocycles. The number of rotatable bonds is 7. The summed E-state index contributed by atoms with van der Waals surface area (Å²) in [6.07, 6.45) is 2.33. The van der Waals surface area contributed by atoms with Crippen LogP contribution in [0.4, 0.5) is 0 Å². The first-order valence-electron chi connectivity index (χ1n) is 4.28. The Morgan fingerprint density at radius 1 is 1.54 bits per heavy atom. The van der Waals surface area contributed by atoms with Gasteiger partial charge in [-0.1, -0.05) is 6.58 Å². The quantitative estimate of drug-likeness (QED) is 0.341. The lowest BCUT2D eigenvalue weighted by Crippen LogP contribution is -2.17. The number of hydrogen-bond acceptors (Lipinski definition) is 4. The highest BCUT2D eigenvalue weighted by Gasteiger charge is 2.05. The fourth-order valence-corrected chi connectivity index (χ4v) is 0.812. The minimum absolute atomic E-state index is 0.00369. The van der Waals surface area contributed by atoms with E-state index in [1.54, 1.807) is 0 Å². The van der Waals surface area contributed by atoms with Crippen molar-refractivity contribution in [1.82, 2.24) is 0 Å². The summed E-state index contributed by atoms with van der Waals surface area (Å²) in [5, 5.41) is 17.7. The average molecular weight is 188 g/mol. The fourth-order valence-electron chi connectivity index (χ4n) is 0.812. The lowest BCUT2D eigenvalue weighted by Gasteiger charge is -2.09. The maximum atomic E-state index is 10.6. The molecule has 0 radical (unpaired) electrons. The molecule has 0 saturated heterocycles. The van der Waals surface area contributed by atoms with E-state index in [-0.39, 0.29) is 13.2 Å². The third-order valence-electron chi connectivity index (χ3n) is 1.53. The van der Waals surface area contributed by atoms with Gasteiger partial charge in [-0.25, -0.2) is 4.79 Å². The highest BCUT2D eigenvalue weighted by molar-refractivity contribution is 5.81. The number of ether oxygens (including phenoxy) is 1. The van der Waals surface area contributed by atoms with Crippen molar-refractivity contribution in [2.75, 3.05) is 13.2 Å². The van der Waals surface area contributed by atoms with Crippen LogP contribution in [0.15, 0.2) is 12.7 Å². The molecule has 0 saturated carbocycles. The van der Waals surface area contributed by atoms with Gasteiger partial charge in [0.1, 0.15) is 6.61 Å². The van der Waals surface area contributed by atoms with Crippen molar-refractivity contribution >= 4 is 5.97 Å². The van der Waals surface area contributed by atoms with E-state index >= 15 is 0 Å². The molecule has 0 fully saturated rings. The van der Waals surface area contributed by atoms with Crippen LogP contribution in [0, 0.1) is 0 Å². The van der Waals surface area contributed by atoms with Crippen LogP contribution in [-0.2, 0) is 9.53 Å². The summed E-state index contributed by atoms with van der Waals surface area (Å²) in [4.78, 5) is 10.6. The first-order chi connectivity index (χ1) is 6.20. The lowest BCUT2D eigenvalue weighted by molar-refractivity contribution is -0.140. The molecule has 0 bridgehead atoms. The van der Waals surface area contributed by atoms with Crippen LogP contribution in [0.25, 0.3) is 0 Å². The molecule has 0 aromatic carbocycles. The number of esters is 1. The van der Waals surface area contributed by atoms with E-state index in [1.807, 2.05) is 0 Å². The van der Waals surface area contributed by atoms with Crippen molar-refractivity contribution in [2.24, 2.45) is 0 Å². The van der Waals surface area contributed by atoms with Crippen LogP contribution in [0.3, 0.4) is 0 Å². The second-order valence-corrected chi connectivity index (χ2v) is 2.71. The van der Waals surface area contributed by atoms with Gasteiger partial charge in [-0.15, -0.1) is 0 Å². The molecule has 1 atom stereocenters. The van der Waals surface area contributed by atoms with Gasteiger partial charge in [0.25, 0.3) is 0 Å². The molecule has 2 N–H and O–H groups in total. The van der Waals surface area contributed by atoms with Crippen LogP contribution >= 0.6 is 0 Å². The molecule has 0 aromatic rings. The van der Waals surface area contributed by atoms with Gasteiger partial charge >= 0.3 is 5.97 Å². The fraction of sp³-hybridized carbons (Fsp3) is 0.667. The third kappa shape index (κ3) is 7.49. The Hall–Kier alpha value is -0.870. The van der Waals surface area contributed by atoms with E-state index < -0.39 is 12.1 Å². The van der Waals surface area contributed by atoms with Crippen molar-refractivity contribution in [3.63, 3.8) is 0 Å². The minimum atomic E-state index is -0.643. The Balaban J connectivity index is 3.34. The number of unbranched alkanes of at least 4 members (excludes halogenated alkanes) is 1.